The molecule has 10 nitrogen and oxygen atoms in total. The van der Waals surface area contributed by atoms with Crippen LogP contribution in [0.3, 0.4) is 0 Å². The second-order valence-corrected chi connectivity index (χ2v) is 13.9. The molecule has 0 saturated heterocycles. The van der Waals surface area contributed by atoms with Gasteiger partial charge in [0.05, 0.1) is 44.1 Å². The van der Waals surface area contributed by atoms with Gasteiger partial charge < -0.3 is 8.83 Å². The maximum Gasteiger partial charge on any atom is 0.227 e. The normalized spacial score (nSPS) is 12.3. The van der Waals surface area contributed by atoms with Crippen molar-refractivity contribution in [2.45, 2.75) is 0 Å². The SMILES string of the molecule is c1ccc(-c2nc3c(-n4c5ccccc5n5c6ccccc6nc45)c4oc(-c5ccccc5)nc4c(-n4c5ccccc5n5c6ccccc6nc45)c3o2)cc1. The predicted molar refractivity (Wildman–Crippen MR) is 219 cm³/mol. The fourth-order valence-electron chi connectivity index (χ4n) is 8.46. The minimum atomic E-state index is 0.473. The van der Waals surface area contributed by atoms with E-state index in [1.165, 1.54) is 0 Å². The molecule has 0 saturated carbocycles. The molecule has 7 aromatic carbocycles. The summed E-state index contributed by atoms with van der Waals surface area (Å²) < 4.78 is 22.8. The van der Waals surface area contributed by atoms with E-state index in [2.05, 4.69) is 66.5 Å². The second kappa shape index (κ2) is 10.8. The lowest BCUT2D eigenvalue weighted by atomic mass is 10.1. The number of nitrogens with zero attached hydrogens (tertiary/aromatic N) is 8. The van der Waals surface area contributed by atoms with E-state index in [1.54, 1.807) is 0 Å². The highest BCUT2D eigenvalue weighted by Gasteiger charge is 2.32. The first-order valence-corrected chi connectivity index (χ1v) is 18.4. The first kappa shape index (κ1) is 29.5. The van der Waals surface area contributed by atoms with Crippen molar-refractivity contribution in [1.82, 2.24) is 37.9 Å². The van der Waals surface area contributed by atoms with Crippen LogP contribution in [-0.4, -0.2) is 37.9 Å². The van der Waals surface area contributed by atoms with E-state index in [1.807, 2.05) is 109 Å². The zero-order valence-corrected chi connectivity index (χ0v) is 29.4. The number of oxazole rings is 2. The van der Waals surface area contributed by atoms with E-state index in [9.17, 15) is 0 Å². The third kappa shape index (κ3) is 3.83. The third-order valence-corrected chi connectivity index (χ3v) is 10.8. The molecule has 13 rings (SSSR count). The van der Waals surface area contributed by atoms with Crippen molar-refractivity contribution >= 4 is 77.9 Å². The second-order valence-electron chi connectivity index (χ2n) is 13.9. The highest BCUT2D eigenvalue weighted by atomic mass is 16.4. The zero-order chi connectivity index (χ0) is 36.5. The van der Waals surface area contributed by atoms with E-state index >= 15 is 0 Å². The summed E-state index contributed by atoms with van der Waals surface area (Å²) in [5.74, 6) is 2.39. The Morgan fingerprint density at radius 2 is 0.696 bits per heavy atom. The van der Waals surface area contributed by atoms with Crippen molar-refractivity contribution in [3.8, 4) is 34.3 Å². The summed E-state index contributed by atoms with van der Waals surface area (Å²) in [6.07, 6.45) is 0. The van der Waals surface area contributed by atoms with E-state index in [-0.39, 0.29) is 0 Å². The van der Waals surface area contributed by atoms with Crippen LogP contribution in [0.2, 0.25) is 0 Å². The molecule has 0 unspecified atom stereocenters. The van der Waals surface area contributed by atoms with Crippen LogP contribution >= 0.6 is 0 Å². The molecule has 0 aliphatic heterocycles. The number of hydrogen-bond donors (Lipinski definition) is 0. The summed E-state index contributed by atoms with van der Waals surface area (Å²) in [5.41, 5.74) is 13.0. The van der Waals surface area contributed by atoms with E-state index in [4.69, 9.17) is 28.8 Å². The Balaban J connectivity index is 1.28. The minimum Gasteiger partial charge on any atom is -0.434 e. The van der Waals surface area contributed by atoms with Crippen LogP contribution < -0.4 is 0 Å². The zero-order valence-electron chi connectivity index (χ0n) is 29.4. The number of hydrogen-bond acceptors (Lipinski definition) is 6. The standard InChI is InChI=1S/C46H26N8O2/c1-3-15-27(16-4-1)43-49-37-39(53-35-25-13-11-23-33(35)51-31-21-9-7-19-29(31)47-45(51)53)42-38(50-44(56-42)28-17-5-2-6-18-28)40(41(37)55-43)54-36-26-14-12-24-34(36)52-32-22-10-8-20-30(32)48-46(52)54/h1-26H. The molecule has 6 heterocycles. The lowest BCUT2D eigenvalue weighted by molar-refractivity contribution is 0.615. The fourth-order valence-corrected chi connectivity index (χ4v) is 8.46. The Labute approximate surface area is 315 Å². The molecule has 0 amide bonds. The number of para-hydroxylation sites is 8. The smallest absolute Gasteiger partial charge is 0.227 e. The van der Waals surface area contributed by atoms with Crippen molar-refractivity contribution < 1.29 is 8.83 Å². The maximum atomic E-state index is 7.03. The quantitative estimate of drug-likeness (QED) is 0.179. The summed E-state index contributed by atoms with van der Waals surface area (Å²) >= 11 is 0. The molecule has 0 atom stereocenters. The van der Waals surface area contributed by atoms with Crippen LogP contribution in [0.15, 0.2) is 167 Å². The highest BCUT2D eigenvalue weighted by Crippen LogP contribution is 2.45. The summed E-state index contributed by atoms with van der Waals surface area (Å²) in [6, 6.07) is 53.0. The van der Waals surface area contributed by atoms with Gasteiger partial charge in [-0.15, -0.1) is 0 Å². The monoisotopic (exact) mass is 722 g/mol. The summed E-state index contributed by atoms with van der Waals surface area (Å²) in [5, 5.41) is 0. The number of rotatable bonds is 4. The molecule has 10 heteroatoms. The molecule has 0 aliphatic carbocycles. The van der Waals surface area contributed by atoms with Crippen LogP contribution in [0.1, 0.15) is 0 Å². The summed E-state index contributed by atoms with van der Waals surface area (Å²) in [7, 11) is 0. The van der Waals surface area contributed by atoms with Gasteiger partial charge in [0.25, 0.3) is 0 Å². The lowest BCUT2D eigenvalue weighted by Gasteiger charge is -2.11. The van der Waals surface area contributed by atoms with Crippen LogP contribution in [0, 0.1) is 0 Å². The average molecular weight is 723 g/mol. The van der Waals surface area contributed by atoms with Gasteiger partial charge in [0.15, 0.2) is 11.2 Å². The molecule has 0 fully saturated rings. The molecular weight excluding hydrogens is 697 g/mol. The highest BCUT2D eigenvalue weighted by molar-refractivity contribution is 6.12. The maximum absolute atomic E-state index is 7.03. The van der Waals surface area contributed by atoms with Gasteiger partial charge in [0.1, 0.15) is 22.4 Å². The molecular formula is C46H26N8O2. The van der Waals surface area contributed by atoms with Crippen molar-refractivity contribution in [2.75, 3.05) is 0 Å². The number of aromatic nitrogens is 8. The average Bonchev–Trinajstić information content (AvgIpc) is 4.11. The van der Waals surface area contributed by atoms with E-state index < -0.39 is 0 Å². The molecule has 13 aromatic rings. The topological polar surface area (TPSA) is 96.5 Å². The molecule has 6 aromatic heterocycles. The summed E-state index contributed by atoms with van der Waals surface area (Å²) in [6.45, 7) is 0. The van der Waals surface area contributed by atoms with Crippen LogP contribution in [0.4, 0.5) is 0 Å². The van der Waals surface area contributed by atoms with Gasteiger partial charge in [0, 0.05) is 11.1 Å². The predicted octanol–water partition coefficient (Wildman–Crippen LogP) is 10.8. The molecule has 0 spiro atoms. The molecule has 0 N–H and O–H groups in total. The van der Waals surface area contributed by atoms with Gasteiger partial charge in [-0.3, -0.25) is 17.9 Å². The molecule has 0 radical (unpaired) electrons. The van der Waals surface area contributed by atoms with E-state index in [0.29, 0.717) is 45.4 Å². The van der Waals surface area contributed by atoms with Gasteiger partial charge >= 0.3 is 0 Å². The van der Waals surface area contributed by atoms with Gasteiger partial charge in [0.2, 0.25) is 23.3 Å². The first-order chi connectivity index (χ1) is 27.8. The van der Waals surface area contributed by atoms with E-state index in [0.717, 1.165) is 66.8 Å². The minimum absolute atomic E-state index is 0.473. The molecule has 0 aliphatic rings. The van der Waals surface area contributed by atoms with Crippen molar-refractivity contribution in [3.63, 3.8) is 0 Å². The number of fused-ring (bicyclic) bond motifs is 12. The van der Waals surface area contributed by atoms with Gasteiger partial charge in [-0.2, -0.15) is 0 Å². The Kier molecular flexibility index (Phi) is 5.68. The van der Waals surface area contributed by atoms with Gasteiger partial charge in [-0.05, 0) is 72.8 Å². The molecule has 0 bridgehead atoms. The number of benzene rings is 7. The van der Waals surface area contributed by atoms with Crippen molar-refractivity contribution in [3.05, 3.63) is 158 Å². The molecule has 262 valence electrons. The van der Waals surface area contributed by atoms with Crippen molar-refractivity contribution in [1.29, 1.82) is 0 Å². The van der Waals surface area contributed by atoms with Crippen molar-refractivity contribution in [2.24, 2.45) is 0 Å². The Bertz CT molecular complexity index is 3410. The Morgan fingerprint density at radius 3 is 1.12 bits per heavy atom. The van der Waals surface area contributed by atoms with Gasteiger partial charge in [-0.1, -0.05) is 84.9 Å². The lowest BCUT2D eigenvalue weighted by Crippen LogP contribution is -2.02. The summed E-state index contributed by atoms with van der Waals surface area (Å²) in [4.78, 5) is 21.2. The van der Waals surface area contributed by atoms with Gasteiger partial charge in [-0.25, -0.2) is 19.9 Å². The molecule has 56 heavy (non-hydrogen) atoms. The third-order valence-electron chi connectivity index (χ3n) is 10.8. The van der Waals surface area contributed by atoms with Crippen LogP contribution in [0.5, 0.6) is 0 Å². The largest absolute Gasteiger partial charge is 0.434 e. The van der Waals surface area contributed by atoms with Crippen LogP contribution in [-0.2, 0) is 0 Å². The fraction of sp³-hybridized carbons (Fsp3) is 0. The first-order valence-electron chi connectivity index (χ1n) is 18.4. The Hall–Kier alpha value is -7.98. The number of imidazole rings is 4. The van der Waals surface area contributed by atoms with Crippen LogP contribution in [0.25, 0.3) is 112 Å². The Morgan fingerprint density at radius 1 is 0.339 bits per heavy atom.